The van der Waals surface area contributed by atoms with Crippen molar-refractivity contribution >= 4 is 17.3 Å². The van der Waals surface area contributed by atoms with Crippen molar-refractivity contribution in [1.29, 1.82) is 0 Å². The van der Waals surface area contributed by atoms with Crippen LogP contribution in [0.4, 0.5) is 11.4 Å². The highest BCUT2D eigenvalue weighted by Gasteiger charge is 2.16. The molecule has 0 aliphatic heterocycles. The molecule has 126 valence electrons. The van der Waals surface area contributed by atoms with Gasteiger partial charge in [-0.15, -0.1) is 0 Å². The fourth-order valence-electron chi connectivity index (χ4n) is 3.13. The number of aromatic nitrogens is 1. The number of benzene rings is 1. The molecule has 2 N–H and O–H groups in total. The molecule has 0 atom stereocenters. The van der Waals surface area contributed by atoms with E-state index in [4.69, 9.17) is 0 Å². The Morgan fingerprint density at radius 3 is 2.42 bits per heavy atom. The van der Waals surface area contributed by atoms with Crippen molar-refractivity contribution in [1.82, 2.24) is 10.3 Å². The zero-order valence-electron chi connectivity index (χ0n) is 14.2. The van der Waals surface area contributed by atoms with E-state index in [1.165, 1.54) is 31.2 Å². The molecule has 3 rings (SSSR count). The van der Waals surface area contributed by atoms with Crippen molar-refractivity contribution in [3.63, 3.8) is 0 Å². The summed E-state index contributed by atoms with van der Waals surface area (Å²) in [6.45, 7) is 2.06. The minimum Gasteiger partial charge on any atom is -0.354 e. The van der Waals surface area contributed by atoms with Crippen molar-refractivity contribution in [3.8, 4) is 0 Å². The van der Waals surface area contributed by atoms with E-state index in [0.29, 0.717) is 11.6 Å². The van der Waals surface area contributed by atoms with E-state index in [2.05, 4.69) is 34.7 Å². The highest BCUT2D eigenvalue weighted by atomic mass is 16.1. The van der Waals surface area contributed by atoms with Crippen LogP contribution in [0.5, 0.6) is 0 Å². The summed E-state index contributed by atoms with van der Waals surface area (Å²) in [5.74, 6) is -0.0260. The molecular formula is C20H25N3O. The van der Waals surface area contributed by atoms with E-state index >= 15 is 0 Å². The topological polar surface area (TPSA) is 54.0 Å². The van der Waals surface area contributed by atoms with Crippen LogP contribution in [0.25, 0.3) is 0 Å². The van der Waals surface area contributed by atoms with Gasteiger partial charge in [0, 0.05) is 17.9 Å². The Hall–Kier alpha value is -2.36. The van der Waals surface area contributed by atoms with E-state index in [9.17, 15) is 4.79 Å². The third kappa shape index (κ3) is 4.57. The third-order valence-corrected chi connectivity index (χ3v) is 4.53. The van der Waals surface area contributed by atoms with E-state index in [-0.39, 0.29) is 5.91 Å². The zero-order chi connectivity index (χ0) is 16.8. The molecule has 1 saturated carbocycles. The molecule has 0 unspecified atom stereocenters. The largest absolute Gasteiger partial charge is 0.354 e. The second-order valence-electron chi connectivity index (χ2n) is 6.62. The van der Waals surface area contributed by atoms with E-state index in [1.54, 1.807) is 12.4 Å². The number of nitrogens with zero attached hydrogens (tertiary/aromatic N) is 1. The van der Waals surface area contributed by atoms with Crippen LogP contribution in [-0.4, -0.2) is 16.9 Å². The van der Waals surface area contributed by atoms with Crippen LogP contribution >= 0.6 is 0 Å². The first-order valence-corrected chi connectivity index (χ1v) is 8.80. The lowest BCUT2D eigenvalue weighted by molar-refractivity contribution is 0.0933. The molecule has 1 aliphatic rings. The molecule has 1 aromatic carbocycles. The number of aryl methyl sites for hydroxylation is 1. The summed E-state index contributed by atoms with van der Waals surface area (Å²) in [5, 5.41) is 6.46. The highest BCUT2D eigenvalue weighted by molar-refractivity contribution is 5.95. The standard InChI is InChI=1S/C20H25N3O/c1-15-8-10-18(11-9-15)22-19-12-16(13-21-14-19)20(24)23-17-6-4-2-3-5-7-17/h8-14,17,22H,2-7H2,1H3,(H,23,24). The average Bonchev–Trinajstić information content (AvgIpc) is 2.86. The lowest BCUT2D eigenvalue weighted by atomic mass is 10.1. The number of amides is 1. The SMILES string of the molecule is Cc1ccc(Nc2cncc(C(=O)NC3CCCCCC3)c2)cc1. The van der Waals surface area contributed by atoms with Crippen molar-refractivity contribution in [3.05, 3.63) is 53.9 Å². The molecule has 1 aromatic heterocycles. The second-order valence-corrected chi connectivity index (χ2v) is 6.62. The Morgan fingerprint density at radius 2 is 1.71 bits per heavy atom. The maximum absolute atomic E-state index is 12.5. The number of hydrogen-bond donors (Lipinski definition) is 2. The molecule has 0 saturated heterocycles. The Kier molecular flexibility index (Phi) is 5.47. The smallest absolute Gasteiger partial charge is 0.253 e. The van der Waals surface area contributed by atoms with Gasteiger partial charge in [0.25, 0.3) is 5.91 Å². The number of carbonyl (C=O) groups is 1. The predicted molar refractivity (Wildman–Crippen MR) is 97.7 cm³/mol. The lowest BCUT2D eigenvalue weighted by Crippen LogP contribution is -2.34. The van der Waals surface area contributed by atoms with E-state index < -0.39 is 0 Å². The molecule has 4 heteroatoms. The van der Waals surface area contributed by atoms with Gasteiger partial charge in [-0.25, -0.2) is 0 Å². The first-order valence-electron chi connectivity index (χ1n) is 8.80. The van der Waals surface area contributed by atoms with Crippen LogP contribution in [0.2, 0.25) is 0 Å². The molecule has 1 fully saturated rings. The molecular weight excluding hydrogens is 298 g/mol. The number of nitrogens with one attached hydrogen (secondary N) is 2. The summed E-state index contributed by atoms with van der Waals surface area (Å²) >= 11 is 0. The van der Waals surface area contributed by atoms with Crippen LogP contribution in [-0.2, 0) is 0 Å². The number of anilines is 2. The Bertz CT molecular complexity index is 674. The van der Waals surface area contributed by atoms with Crippen LogP contribution in [0.3, 0.4) is 0 Å². The summed E-state index contributed by atoms with van der Waals surface area (Å²) in [7, 11) is 0. The average molecular weight is 323 g/mol. The molecule has 0 bridgehead atoms. The normalized spacial score (nSPS) is 15.5. The molecule has 0 radical (unpaired) electrons. The first-order chi connectivity index (χ1) is 11.7. The predicted octanol–water partition coefficient (Wildman–Crippen LogP) is 4.59. The van der Waals surface area contributed by atoms with E-state index in [0.717, 1.165) is 24.2 Å². The van der Waals surface area contributed by atoms with E-state index in [1.807, 2.05) is 18.2 Å². The summed E-state index contributed by atoms with van der Waals surface area (Å²) in [6, 6.07) is 10.3. The maximum atomic E-state index is 12.5. The monoisotopic (exact) mass is 323 g/mol. The molecule has 4 nitrogen and oxygen atoms in total. The summed E-state index contributed by atoms with van der Waals surface area (Å²) in [4.78, 5) is 16.7. The molecule has 0 spiro atoms. The Labute approximate surface area is 143 Å². The minimum absolute atomic E-state index is 0.0260. The fraction of sp³-hybridized carbons (Fsp3) is 0.400. The summed E-state index contributed by atoms with van der Waals surface area (Å²) < 4.78 is 0. The van der Waals surface area contributed by atoms with Gasteiger partial charge in [-0.05, 0) is 38.0 Å². The van der Waals surface area contributed by atoms with Gasteiger partial charge >= 0.3 is 0 Å². The summed E-state index contributed by atoms with van der Waals surface area (Å²) in [6.07, 6.45) is 10.5. The maximum Gasteiger partial charge on any atom is 0.253 e. The summed E-state index contributed by atoms with van der Waals surface area (Å²) in [5.41, 5.74) is 3.64. The van der Waals surface area contributed by atoms with Crippen molar-refractivity contribution < 1.29 is 4.79 Å². The van der Waals surface area contributed by atoms with Gasteiger partial charge in [-0.3, -0.25) is 9.78 Å². The second kappa shape index (κ2) is 7.95. The number of rotatable bonds is 4. The third-order valence-electron chi connectivity index (χ3n) is 4.53. The molecule has 24 heavy (non-hydrogen) atoms. The Balaban J connectivity index is 1.65. The van der Waals surface area contributed by atoms with Crippen LogP contribution in [0.1, 0.15) is 54.4 Å². The molecule has 2 aromatic rings. The van der Waals surface area contributed by atoms with Gasteiger partial charge in [0.2, 0.25) is 0 Å². The van der Waals surface area contributed by atoms with Gasteiger partial charge in [0.1, 0.15) is 0 Å². The van der Waals surface area contributed by atoms with Crippen LogP contribution < -0.4 is 10.6 Å². The van der Waals surface area contributed by atoms with Crippen molar-refractivity contribution in [2.75, 3.05) is 5.32 Å². The molecule has 1 heterocycles. The first kappa shape index (κ1) is 16.5. The number of pyridine rings is 1. The van der Waals surface area contributed by atoms with Gasteiger partial charge in [0.05, 0.1) is 17.4 Å². The van der Waals surface area contributed by atoms with Gasteiger partial charge in [0.15, 0.2) is 0 Å². The van der Waals surface area contributed by atoms with Crippen molar-refractivity contribution in [2.24, 2.45) is 0 Å². The molecule has 1 aliphatic carbocycles. The van der Waals surface area contributed by atoms with Gasteiger partial charge < -0.3 is 10.6 Å². The number of carbonyl (C=O) groups excluding carboxylic acids is 1. The van der Waals surface area contributed by atoms with Crippen LogP contribution in [0.15, 0.2) is 42.7 Å². The minimum atomic E-state index is -0.0260. The quantitative estimate of drug-likeness (QED) is 0.809. The fourth-order valence-corrected chi connectivity index (χ4v) is 3.13. The van der Waals surface area contributed by atoms with Gasteiger partial charge in [-0.1, -0.05) is 43.4 Å². The Morgan fingerprint density at radius 1 is 1.00 bits per heavy atom. The lowest BCUT2D eigenvalue weighted by Gasteiger charge is -2.16. The van der Waals surface area contributed by atoms with Gasteiger partial charge in [-0.2, -0.15) is 0 Å². The zero-order valence-corrected chi connectivity index (χ0v) is 14.2. The van der Waals surface area contributed by atoms with Crippen molar-refractivity contribution in [2.45, 2.75) is 51.5 Å². The van der Waals surface area contributed by atoms with Crippen LogP contribution in [0, 0.1) is 6.92 Å². The highest BCUT2D eigenvalue weighted by Crippen LogP contribution is 2.19. The number of hydrogen-bond acceptors (Lipinski definition) is 3. The molecule has 1 amide bonds.